The fourth-order valence-corrected chi connectivity index (χ4v) is 2.12. The molecule has 0 spiro atoms. The number of anilines is 1. The number of nitrogens with two attached hydrogens (primary N) is 1. The molecule has 4 N–H and O–H groups in total. The number of phenols is 1. The monoisotopic (exact) mass is 253 g/mol. The molecule has 0 heterocycles. The van der Waals surface area contributed by atoms with Crippen LogP contribution in [0.25, 0.3) is 10.8 Å². The number of nitrogen functional groups attached to an aromatic ring is 1. The molecule has 90 valence electrons. The van der Waals surface area contributed by atoms with Crippen molar-refractivity contribution >= 4 is 28.5 Å². The van der Waals surface area contributed by atoms with E-state index >= 15 is 0 Å². The van der Waals surface area contributed by atoms with Crippen molar-refractivity contribution in [2.24, 2.45) is 0 Å². The van der Waals surface area contributed by atoms with Crippen molar-refractivity contribution in [1.82, 2.24) is 0 Å². The fraction of sp³-hybridized carbons (Fsp3) is 0.0909. The minimum atomic E-state index is 0.159. The van der Waals surface area contributed by atoms with E-state index < -0.39 is 0 Å². The number of benzene rings is 2. The van der Waals surface area contributed by atoms with E-state index in [1.165, 1.54) is 0 Å². The van der Waals surface area contributed by atoms with Crippen molar-refractivity contribution < 1.29 is 19.7 Å². The second-order valence-electron chi connectivity index (χ2n) is 3.55. The lowest BCUT2D eigenvalue weighted by Crippen LogP contribution is -1.88. The van der Waals surface area contributed by atoms with E-state index in [1.54, 1.807) is 31.2 Å². The van der Waals surface area contributed by atoms with Gasteiger partial charge in [-0.05, 0) is 36.6 Å². The lowest BCUT2D eigenvalue weighted by Gasteiger charge is -2.09. The van der Waals surface area contributed by atoms with E-state index in [1.807, 2.05) is 0 Å². The van der Waals surface area contributed by atoms with Crippen molar-refractivity contribution in [3.05, 3.63) is 29.8 Å². The molecule has 0 fully saturated rings. The van der Waals surface area contributed by atoms with Crippen LogP contribution in [-0.4, -0.2) is 10.4 Å². The Bertz CT molecular complexity index is 559. The summed E-state index contributed by atoms with van der Waals surface area (Å²) in [5, 5.41) is 23.2. The Morgan fingerprint density at radius 2 is 2.06 bits per heavy atom. The van der Waals surface area contributed by atoms with Crippen LogP contribution in [0.3, 0.4) is 0 Å². The summed E-state index contributed by atoms with van der Waals surface area (Å²) in [5.41, 5.74) is 6.93. The van der Waals surface area contributed by atoms with Crippen LogP contribution < -0.4 is 5.73 Å². The average molecular weight is 253 g/mol. The summed E-state index contributed by atoms with van der Waals surface area (Å²) in [4.78, 5) is 0.634. The molecule has 17 heavy (non-hydrogen) atoms. The molecule has 0 aromatic heterocycles. The highest BCUT2D eigenvalue weighted by Gasteiger charge is 2.10. The van der Waals surface area contributed by atoms with Crippen LogP contribution in [0.5, 0.6) is 5.75 Å². The summed E-state index contributed by atoms with van der Waals surface area (Å²) in [6.45, 7) is 1.74. The first-order chi connectivity index (χ1) is 8.13. The van der Waals surface area contributed by atoms with Gasteiger partial charge < -0.3 is 10.8 Å². The van der Waals surface area contributed by atoms with Crippen molar-refractivity contribution in [3.8, 4) is 5.75 Å². The zero-order valence-electron chi connectivity index (χ0n) is 9.01. The van der Waals surface area contributed by atoms with Gasteiger partial charge in [0.2, 0.25) is 0 Å². The summed E-state index contributed by atoms with van der Waals surface area (Å²) >= 11 is 0.809. The molecule has 0 unspecified atom stereocenters. The van der Waals surface area contributed by atoms with Crippen molar-refractivity contribution in [3.63, 3.8) is 0 Å². The standard InChI is InChI=1S/C11H11NO4S/c1-6-10(17-16-15-14)5-7-4-8(12)2-3-9(7)11(6)13/h2-5,13-14H,12H2,1H3. The molecule has 0 radical (unpaired) electrons. The van der Waals surface area contributed by atoms with Crippen molar-refractivity contribution in [2.75, 3.05) is 5.73 Å². The lowest BCUT2D eigenvalue weighted by molar-refractivity contribution is -0.432. The molecule has 0 saturated carbocycles. The quantitative estimate of drug-likeness (QED) is 0.337. The Labute approximate surface area is 102 Å². The van der Waals surface area contributed by atoms with E-state index in [-0.39, 0.29) is 5.75 Å². The molecule has 0 aliphatic carbocycles. The number of hydrogen-bond acceptors (Lipinski definition) is 6. The summed E-state index contributed by atoms with van der Waals surface area (Å²) in [7, 11) is 0. The zero-order valence-corrected chi connectivity index (χ0v) is 9.82. The third kappa shape index (κ3) is 2.29. The SMILES string of the molecule is Cc1c(SOOO)cc2cc(N)ccc2c1O. The number of phenolic OH excluding ortho intramolecular Hbond substituents is 1. The Hall–Kier alpha value is -1.47. The molecular formula is C11H11NO4S. The van der Waals surface area contributed by atoms with E-state index in [0.717, 1.165) is 17.4 Å². The van der Waals surface area contributed by atoms with Gasteiger partial charge in [0, 0.05) is 21.5 Å². The average Bonchev–Trinajstić information content (AvgIpc) is 2.31. The maximum atomic E-state index is 10.0. The highest BCUT2D eigenvalue weighted by Crippen LogP contribution is 2.37. The summed E-state index contributed by atoms with van der Waals surface area (Å²) < 4.78 is 4.36. The Balaban J connectivity index is 2.58. The van der Waals surface area contributed by atoms with Crippen LogP contribution >= 0.6 is 12.0 Å². The molecule has 0 aliphatic heterocycles. The van der Waals surface area contributed by atoms with Gasteiger partial charge in [-0.1, -0.05) is 5.04 Å². The molecule has 0 amide bonds. The van der Waals surface area contributed by atoms with Crippen molar-refractivity contribution in [2.45, 2.75) is 11.8 Å². The molecular weight excluding hydrogens is 242 g/mol. The van der Waals surface area contributed by atoms with Gasteiger partial charge in [0.05, 0.1) is 12.0 Å². The first kappa shape index (κ1) is 12.0. The second kappa shape index (κ2) is 4.80. The minimum absolute atomic E-state index is 0.159. The van der Waals surface area contributed by atoms with Crippen LogP contribution in [0.15, 0.2) is 29.2 Å². The molecule has 2 aromatic rings. The van der Waals surface area contributed by atoms with Crippen LogP contribution in [0.2, 0.25) is 0 Å². The predicted octanol–water partition coefficient (Wildman–Crippen LogP) is 2.86. The molecule has 0 saturated heterocycles. The zero-order chi connectivity index (χ0) is 12.4. The Kier molecular flexibility index (Phi) is 3.39. The summed E-state index contributed by atoms with van der Waals surface area (Å²) in [6.07, 6.45) is 0. The maximum absolute atomic E-state index is 10.0. The summed E-state index contributed by atoms with van der Waals surface area (Å²) in [5.74, 6) is 0.159. The van der Waals surface area contributed by atoms with E-state index in [4.69, 9.17) is 11.0 Å². The van der Waals surface area contributed by atoms with Crippen LogP contribution in [0, 0.1) is 6.92 Å². The molecule has 6 heteroatoms. The van der Waals surface area contributed by atoms with Gasteiger partial charge in [0.15, 0.2) is 0 Å². The van der Waals surface area contributed by atoms with Gasteiger partial charge in [-0.25, -0.2) is 5.26 Å². The van der Waals surface area contributed by atoms with E-state index in [9.17, 15) is 5.11 Å². The number of hydrogen-bond donors (Lipinski definition) is 3. The van der Waals surface area contributed by atoms with Gasteiger partial charge in [-0.15, -0.1) is 4.33 Å². The molecule has 2 rings (SSSR count). The maximum Gasteiger partial charge on any atom is 0.127 e. The smallest absolute Gasteiger partial charge is 0.127 e. The largest absolute Gasteiger partial charge is 0.507 e. The first-order valence-electron chi connectivity index (χ1n) is 4.80. The van der Waals surface area contributed by atoms with Crippen LogP contribution in [0.4, 0.5) is 5.69 Å². The van der Waals surface area contributed by atoms with Gasteiger partial charge in [0.1, 0.15) is 5.75 Å². The second-order valence-corrected chi connectivity index (χ2v) is 4.30. The van der Waals surface area contributed by atoms with Crippen LogP contribution in [-0.2, 0) is 9.37 Å². The molecule has 0 aliphatic rings. The van der Waals surface area contributed by atoms with E-state index in [2.05, 4.69) is 9.37 Å². The number of fused-ring (bicyclic) bond motifs is 1. The van der Waals surface area contributed by atoms with Gasteiger partial charge in [-0.3, -0.25) is 0 Å². The first-order valence-corrected chi connectivity index (χ1v) is 5.54. The Morgan fingerprint density at radius 3 is 2.76 bits per heavy atom. The van der Waals surface area contributed by atoms with Gasteiger partial charge >= 0.3 is 0 Å². The highest BCUT2D eigenvalue weighted by molar-refractivity contribution is 7.94. The molecule has 2 aromatic carbocycles. The third-order valence-electron chi connectivity index (χ3n) is 2.50. The van der Waals surface area contributed by atoms with Gasteiger partial charge in [-0.2, -0.15) is 0 Å². The predicted molar refractivity (Wildman–Crippen MR) is 65.4 cm³/mol. The van der Waals surface area contributed by atoms with E-state index in [0.29, 0.717) is 21.5 Å². The van der Waals surface area contributed by atoms with Gasteiger partial charge in [0.25, 0.3) is 0 Å². The minimum Gasteiger partial charge on any atom is -0.507 e. The van der Waals surface area contributed by atoms with Crippen molar-refractivity contribution in [1.29, 1.82) is 0 Å². The molecule has 0 atom stereocenters. The Morgan fingerprint density at radius 1 is 1.29 bits per heavy atom. The fourth-order valence-electron chi connectivity index (χ4n) is 1.62. The summed E-state index contributed by atoms with van der Waals surface area (Å²) in [6, 6.07) is 7.02. The highest BCUT2D eigenvalue weighted by atomic mass is 32.2. The van der Waals surface area contributed by atoms with Crippen LogP contribution in [0.1, 0.15) is 5.56 Å². The number of aromatic hydroxyl groups is 1. The molecule has 0 bridgehead atoms. The topological polar surface area (TPSA) is 84.9 Å². The molecule has 5 nitrogen and oxygen atoms in total. The lowest BCUT2D eigenvalue weighted by atomic mass is 10.1. The third-order valence-corrected chi connectivity index (χ3v) is 3.23. The number of rotatable bonds is 3. The normalized spacial score (nSPS) is 10.9.